The average Bonchev–Trinajstić information content (AvgIpc) is 2.54. The van der Waals surface area contributed by atoms with Gasteiger partial charge in [-0.15, -0.1) is 0 Å². The smallest absolute Gasteiger partial charge is 0.220 e. The van der Waals surface area contributed by atoms with E-state index in [0.29, 0.717) is 12.5 Å². The van der Waals surface area contributed by atoms with Crippen molar-refractivity contribution in [3.05, 3.63) is 0 Å². The number of nitrogens with two attached hydrogens (primary N) is 1. The highest BCUT2D eigenvalue weighted by molar-refractivity contribution is 7.92. The van der Waals surface area contributed by atoms with Crippen molar-refractivity contribution in [3.63, 3.8) is 0 Å². The Bertz CT molecular complexity index is 321. The molecule has 15 heavy (non-hydrogen) atoms. The molecule has 1 aliphatic carbocycles. The predicted molar refractivity (Wildman–Crippen MR) is 65.2 cm³/mol. The molecule has 0 heterocycles. The van der Waals surface area contributed by atoms with Crippen molar-refractivity contribution in [2.75, 3.05) is 19.3 Å². The Morgan fingerprint density at radius 3 is 2.47 bits per heavy atom. The van der Waals surface area contributed by atoms with Crippen molar-refractivity contribution in [2.24, 2.45) is 11.7 Å². The van der Waals surface area contributed by atoms with E-state index < -0.39 is 10.0 Å². The van der Waals surface area contributed by atoms with E-state index in [-0.39, 0.29) is 10.7 Å². The number of rotatable bonds is 5. The van der Waals surface area contributed by atoms with Crippen molar-refractivity contribution >= 4 is 27.2 Å². The average molecular weight is 250 g/mol. The molecule has 0 bridgehead atoms. The molecule has 0 aliphatic heterocycles. The highest BCUT2D eigenvalue weighted by atomic mass is 32.2. The maximum atomic E-state index is 11.7. The Kier molecular flexibility index (Phi) is 4.48. The lowest BCUT2D eigenvalue weighted by Gasteiger charge is -2.20. The Morgan fingerprint density at radius 1 is 1.47 bits per heavy atom. The second kappa shape index (κ2) is 5.23. The summed E-state index contributed by atoms with van der Waals surface area (Å²) in [4.78, 5) is 0.0354. The second-order valence-corrected chi connectivity index (χ2v) is 6.75. The lowest BCUT2D eigenvalue weighted by molar-refractivity contribution is 0.389. The van der Waals surface area contributed by atoms with Crippen molar-refractivity contribution in [2.45, 2.75) is 25.7 Å². The van der Waals surface area contributed by atoms with Crippen LogP contribution in [0.4, 0.5) is 0 Å². The molecule has 4 nitrogen and oxygen atoms in total. The fraction of sp³-hybridized carbons (Fsp3) is 0.889. The fourth-order valence-corrected chi connectivity index (χ4v) is 3.42. The summed E-state index contributed by atoms with van der Waals surface area (Å²) in [6.07, 6.45) is 4.70. The summed E-state index contributed by atoms with van der Waals surface area (Å²) in [6, 6.07) is 0. The van der Waals surface area contributed by atoms with Crippen LogP contribution in [-0.4, -0.2) is 37.1 Å². The third-order valence-corrected chi connectivity index (χ3v) is 4.89. The minimum Gasteiger partial charge on any atom is -0.392 e. The minimum absolute atomic E-state index is 0.0354. The molecule has 2 N–H and O–H groups in total. The first-order chi connectivity index (χ1) is 6.92. The molecule has 0 aromatic carbocycles. The Hall–Kier alpha value is -0.200. The summed E-state index contributed by atoms with van der Waals surface area (Å²) < 4.78 is 24.8. The van der Waals surface area contributed by atoms with Gasteiger partial charge in [0.05, 0.1) is 4.99 Å². The zero-order valence-electron chi connectivity index (χ0n) is 8.98. The molecule has 0 aromatic rings. The van der Waals surface area contributed by atoms with Crippen LogP contribution < -0.4 is 5.73 Å². The zero-order valence-corrected chi connectivity index (χ0v) is 10.6. The van der Waals surface area contributed by atoms with Crippen molar-refractivity contribution in [3.8, 4) is 0 Å². The third-order valence-electron chi connectivity index (χ3n) is 2.79. The lowest BCUT2D eigenvalue weighted by atomic mass is 10.1. The van der Waals surface area contributed by atoms with Gasteiger partial charge in [-0.1, -0.05) is 25.1 Å². The number of hydrogen-bond donors (Lipinski definition) is 1. The van der Waals surface area contributed by atoms with Gasteiger partial charge in [0, 0.05) is 13.6 Å². The van der Waals surface area contributed by atoms with Crippen LogP contribution in [0.5, 0.6) is 0 Å². The van der Waals surface area contributed by atoms with E-state index >= 15 is 0 Å². The van der Waals surface area contributed by atoms with Gasteiger partial charge in [0.25, 0.3) is 0 Å². The molecule has 0 radical (unpaired) electrons. The molecule has 0 spiro atoms. The maximum Gasteiger partial charge on any atom is 0.220 e. The van der Waals surface area contributed by atoms with Gasteiger partial charge in [0.15, 0.2) is 0 Å². The van der Waals surface area contributed by atoms with E-state index in [0.717, 1.165) is 12.8 Å². The topological polar surface area (TPSA) is 63.4 Å². The van der Waals surface area contributed by atoms with Crippen molar-refractivity contribution in [1.29, 1.82) is 0 Å². The Morgan fingerprint density at radius 2 is 2.00 bits per heavy atom. The number of nitrogens with zero attached hydrogens (tertiary/aromatic N) is 1. The monoisotopic (exact) mass is 250 g/mol. The highest BCUT2D eigenvalue weighted by Crippen LogP contribution is 2.25. The Balaban J connectivity index is 2.50. The summed E-state index contributed by atoms with van der Waals surface area (Å²) in [7, 11) is -1.68. The van der Waals surface area contributed by atoms with Gasteiger partial charge in [-0.2, -0.15) is 0 Å². The van der Waals surface area contributed by atoms with Gasteiger partial charge in [-0.05, 0) is 18.8 Å². The van der Waals surface area contributed by atoms with E-state index in [9.17, 15) is 8.42 Å². The van der Waals surface area contributed by atoms with Crippen LogP contribution in [0.1, 0.15) is 25.7 Å². The molecule has 88 valence electrons. The van der Waals surface area contributed by atoms with Crippen LogP contribution in [0.2, 0.25) is 0 Å². The lowest BCUT2D eigenvalue weighted by Crippen LogP contribution is -2.36. The first kappa shape index (κ1) is 12.9. The van der Waals surface area contributed by atoms with Gasteiger partial charge >= 0.3 is 0 Å². The summed E-state index contributed by atoms with van der Waals surface area (Å²) in [5.74, 6) is 0.294. The normalized spacial score (nSPS) is 18.5. The van der Waals surface area contributed by atoms with Gasteiger partial charge < -0.3 is 5.73 Å². The molecular formula is C9H18N2O2S2. The number of thiocarbonyl (C=S) groups is 1. The van der Waals surface area contributed by atoms with E-state index in [2.05, 4.69) is 12.2 Å². The zero-order chi connectivity index (χ0) is 11.5. The number of hydrogen-bond acceptors (Lipinski definition) is 3. The van der Waals surface area contributed by atoms with E-state index in [1.54, 1.807) is 7.05 Å². The molecule has 1 fully saturated rings. The van der Waals surface area contributed by atoms with E-state index in [4.69, 9.17) is 5.73 Å². The third kappa shape index (κ3) is 4.04. The molecule has 1 aliphatic rings. The van der Waals surface area contributed by atoms with Gasteiger partial charge in [-0.25, -0.2) is 12.7 Å². The maximum absolute atomic E-state index is 11.7. The SMILES string of the molecule is CN(CC1CCCC1)S(=O)(=O)CC(N)=S. The summed E-state index contributed by atoms with van der Waals surface area (Å²) in [5.41, 5.74) is 5.25. The van der Waals surface area contributed by atoms with E-state index in [1.807, 2.05) is 0 Å². The summed E-state index contributed by atoms with van der Waals surface area (Å²) >= 11 is 4.62. The molecule has 1 saturated carbocycles. The Labute approximate surface area is 96.9 Å². The highest BCUT2D eigenvalue weighted by Gasteiger charge is 2.24. The van der Waals surface area contributed by atoms with Crippen molar-refractivity contribution < 1.29 is 8.42 Å². The quantitative estimate of drug-likeness (QED) is 0.730. The van der Waals surface area contributed by atoms with Crippen LogP contribution in [-0.2, 0) is 10.0 Å². The first-order valence-electron chi connectivity index (χ1n) is 5.14. The molecule has 0 unspecified atom stereocenters. The molecule has 6 heteroatoms. The van der Waals surface area contributed by atoms with Gasteiger partial charge in [0.2, 0.25) is 10.0 Å². The fourth-order valence-electron chi connectivity index (χ4n) is 1.96. The van der Waals surface area contributed by atoms with E-state index in [1.165, 1.54) is 17.1 Å². The van der Waals surface area contributed by atoms with Crippen LogP contribution in [0.15, 0.2) is 0 Å². The first-order valence-corrected chi connectivity index (χ1v) is 7.16. The van der Waals surface area contributed by atoms with Crippen LogP contribution >= 0.6 is 12.2 Å². The molecule has 0 amide bonds. The molecule has 0 atom stereocenters. The van der Waals surface area contributed by atoms with Crippen molar-refractivity contribution in [1.82, 2.24) is 4.31 Å². The molecular weight excluding hydrogens is 232 g/mol. The molecule has 1 rings (SSSR count). The summed E-state index contributed by atoms with van der Waals surface area (Å²) in [5, 5.41) is 0. The molecule has 0 saturated heterocycles. The van der Waals surface area contributed by atoms with Gasteiger partial charge in [0.1, 0.15) is 5.75 Å². The predicted octanol–water partition coefficient (Wildman–Crippen LogP) is 0.724. The summed E-state index contributed by atoms with van der Waals surface area (Å²) in [6.45, 7) is 0.602. The van der Waals surface area contributed by atoms with Crippen LogP contribution in [0, 0.1) is 5.92 Å². The van der Waals surface area contributed by atoms with Crippen LogP contribution in [0.25, 0.3) is 0 Å². The van der Waals surface area contributed by atoms with Gasteiger partial charge in [-0.3, -0.25) is 0 Å². The van der Waals surface area contributed by atoms with Crippen LogP contribution in [0.3, 0.4) is 0 Å². The second-order valence-electron chi connectivity index (χ2n) is 4.15. The largest absolute Gasteiger partial charge is 0.392 e. The minimum atomic E-state index is -3.28. The molecule has 0 aromatic heterocycles. The number of sulfonamides is 1. The standard InChI is InChI=1S/C9H18N2O2S2/c1-11(6-8-4-2-3-5-8)15(12,13)7-9(10)14/h8H,2-7H2,1H3,(H2,10,14).